The van der Waals surface area contributed by atoms with Crippen molar-refractivity contribution < 1.29 is 9.59 Å². The fourth-order valence-electron chi connectivity index (χ4n) is 2.88. The first-order valence-electron chi connectivity index (χ1n) is 7.93. The standard InChI is InChI=1S/C16H20ClN5O2/c1-21-10-12(8-20-21)15(23)19-7-11-2-4-22(5-3-11)16(24)14-6-13(17)9-18-14/h6,8-11,18H,2-5,7H2,1H3,(H,19,23). The minimum Gasteiger partial charge on any atom is -0.356 e. The van der Waals surface area contributed by atoms with E-state index in [1.54, 1.807) is 36.4 Å². The van der Waals surface area contributed by atoms with Crippen molar-refractivity contribution >= 4 is 23.4 Å². The fourth-order valence-corrected chi connectivity index (χ4v) is 3.04. The number of nitrogens with zero attached hydrogens (tertiary/aromatic N) is 3. The van der Waals surface area contributed by atoms with Crippen LogP contribution in [0.25, 0.3) is 0 Å². The summed E-state index contributed by atoms with van der Waals surface area (Å²) in [5.74, 6) is 0.240. The summed E-state index contributed by atoms with van der Waals surface area (Å²) in [4.78, 5) is 29.1. The van der Waals surface area contributed by atoms with Gasteiger partial charge in [0.2, 0.25) is 0 Å². The Morgan fingerprint density at radius 3 is 2.75 bits per heavy atom. The average Bonchev–Trinajstić information content (AvgIpc) is 3.21. The van der Waals surface area contributed by atoms with Crippen LogP contribution in [0.5, 0.6) is 0 Å². The van der Waals surface area contributed by atoms with Gasteiger partial charge in [0.15, 0.2) is 0 Å². The molecule has 7 nitrogen and oxygen atoms in total. The van der Waals surface area contributed by atoms with Gasteiger partial charge in [-0.1, -0.05) is 11.6 Å². The predicted octanol–water partition coefficient (Wildman–Crippen LogP) is 1.68. The van der Waals surface area contributed by atoms with Crippen molar-refractivity contribution in [3.8, 4) is 0 Å². The molecule has 1 aliphatic rings. The zero-order valence-corrected chi connectivity index (χ0v) is 14.2. The van der Waals surface area contributed by atoms with Crippen LogP contribution in [0.15, 0.2) is 24.7 Å². The zero-order chi connectivity index (χ0) is 17.1. The smallest absolute Gasteiger partial charge is 0.270 e. The van der Waals surface area contributed by atoms with E-state index in [-0.39, 0.29) is 11.8 Å². The molecule has 1 aliphatic heterocycles. The lowest BCUT2D eigenvalue weighted by Gasteiger charge is -2.31. The Kier molecular flexibility index (Phi) is 4.89. The third kappa shape index (κ3) is 3.79. The highest BCUT2D eigenvalue weighted by Gasteiger charge is 2.24. The molecular formula is C16H20ClN5O2. The molecule has 0 spiro atoms. The lowest BCUT2D eigenvalue weighted by atomic mass is 9.96. The van der Waals surface area contributed by atoms with Crippen LogP contribution in [0.3, 0.4) is 0 Å². The highest BCUT2D eigenvalue weighted by atomic mass is 35.5. The van der Waals surface area contributed by atoms with E-state index >= 15 is 0 Å². The summed E-state index contributed by atoms with van der Waals surface area (Å²) in [6.45, 7) is 1.98. The first kappa shape index (κ1) is 16.6. The van der Waals surface area contributed by atoms with E-state index in [1.165, 1.54) is 0 Å². The van der Waals surface area contributed by atoms with E-state index in [0.717, 1.165) is 12.8 Å². The molecule has 24 heavy (non-hydrogen) atoms. The maximum Gasteiger partial charge on any atom is 0.270 e. The van der Waals surface area contributed by atoms with Crippen molar-refractivity contribution in [3.05, 3.63) is 40.9 Å². The summed E-state index contributed by atoms with van der Waals surface area (Å²) in [7, 11) is 1.78. The number of rotatable bonds is 4. The molecule has 1 saturated heterocycles. The van der Waals surface area contributed by atoms with Crippen molar-refractivity contribution in [1.29, 1.82) is 0 Å². The van der Waals surface area contributed by atoms with Gasteiger partial charge in [-0.15, -0.1) is 0 Å². The molecule has 1 fully saturated rings. The van der Waals surface area contributed by atoms with E-state index in [1.807, 2.05) is 4.90 Å². The highest BCUT2D eigenvalue weighted by Crippen LogP contribution is 2.19. The van der Waals surface area contributed by atoms with E-state index in [0.29, 0.717) is 41.8 Å². The maximum atomic E-state index is 12.3. The Morgan fingerprint density at radius 1 is 1.42 bits per heavy atom. The first-order valence-corrected chi connectivity index (χ1v) is 8.31. The van der Waals surface area contributed by atoms with E-state index in [2.05, 4.69) is 15.4 Å². The largest absolute Gasteiger partial charge is 0.356 e. The molecule has 0 bridgehead atoms. The minimum absolute atomic E-state index is 0.0280. The summed E-state index contributed by atoms with van der Waals surface area (Å²) < 4.78 is 1.60. The van der Waals surface area contributed by atoms with E-state index < -0.39 is 0 Å². The summed E-state index contributed by atoms with van der Waals surface area (Å²) in [6.07, 6.45) is 6.59. The minimum atomic E-state index is -0.109. The Labute approximate surface area is 145 Å². The molecule has 0 aliphatic carbocycles. The van der Waals surface area contributed by atoms with Crippen molar-refractivity contribution in [1.82, 2.24) is 25.0 Å². The molecule has 3 heterocycles. The number of carbonyl (C=O) groups excluding carboxylic acids is 2. The van der Waals surface area contributed by atoms with E-state index in [4.69, 9.17) is 11.6 Å². The monoisotopic (exact) mass is 349 g/mol. The van der Waals surface area contributed by atoms with Crippen LogP contribution in [0.1, 0.15) is 33.7 Å². The van der Waals surface area contributed by atoms with Crippen LogP contribution in [0.4, 0.5) is 0 Å². The molecule has 0 atom stereocenters. The van der Waals surface area contributed by atoms with Crippen molar-refractivity contribution in [2.45, 2.75) is 12.8 Å². The molecule has 0 radical (unpaired) electrons. The Balaban J connectivity index is 1.45. The number of aromatic nitrogens is 3. The summed E-state index contributed by atoms with van der Waals surface area (Å²) in [5, 5.41) is 7.47. The molecular weight excluding hydrogens is 330 g/mol. The Hall–Kier alpha value is -2.28. The molecule has 0 aromatic carbocycles. The van der Waals surface area contributed by atoms with Crippen LogP contribution in [0, 0.1) is 5.92 Å². The number of likely N-dealkylation sites (tertiary alicyclic amines) is 1. The summed E-state index contributed by atoms with van der Waals surface area (Å²) in [5.41, 5.74) is 1.08. The molecule has 8 heteroatoms. The van der Waals surface area contributed by atoms with Gasteiger partial charge in [-0.3, -0.25) is 14.3 Å². The summed E-state index contributed by atoms with van der Waals surface area (Å²) in [6, 6.07) is 1.64. The van der Waals surface area contributed by atoms with Gasteiger partial charge in [0.1, 0.15) is 5.69 Å². The second-order valence-corrected chi connectivity index (χ2v) is 6.52. The number of piperidine rings is 1. The second kappa shape index (κ2) is 7.09. The highest BCUT2D eigenvalue weighted by molar-refractivity contribution is 6.30. The Morgan fingerprint density at radius 2 is 2.17 bits per heavy atom. The van der Waals surface area contributed by atoms with Crippen LogP contribution in [-0.2, 0) is 7.05 Å². The molecule has 2 aromatic rings. The van der Waals surface area contributed by atoms with Gasteiger partial charge < -0.3 is 15.2 Å². The molecule has 2 N–H and O–H groups in total. The molecule has 3 rings (SSSR count). The number of carbonyl (C=O) groups is 2. The van der Waals surface area contributed by atoms with Gasteiger partial charge in [0.25, 0.3) is 11.8 Å². The third-order valence-corrected chi connectivity index (χ3v) is 4.52. The molecule has 2 aromatic heterocycles. The van der Waals surface area contributed by atoms with Crippen LogP contribution >= 0.6 is 11.6 Å². The van der Waals surface area contributed by atoms with Gasteiger partial charge in [0, 0.05) is 39.1 Å². The second-order valence-electron chi connectivity index (χ2n) is 6.08. The molecule has 128 valence electrons. The average molecular weight is 350 g/mol. The Bertz CT molecular complexity index is 730. The number of H-pyrrole nitrogens is 1. The topological polar surface area (TPSA) is 83.0 Å². The third-order valence-electron chi connectivity index (χ3n) is 4.30. The number of hydrogen-bond acceptors (Lipinski definition) is 3. The number of halogens is 1. The first-order chi connectivity index (χ1) is 11.5. The number of hydrogen-bond donors (Lipinski definition) is 2. The van der Waals surface area contributed by atoms with Gasteiger partial charge in [-0.25, -0.2) is 0 Å². The summed E-state index contributed by atoms with van der Waals surface area (Å²) >= 11 is 5.84. The maximum absolute atomic E-state index is 12.3. The van der Waals surface area contributed by atoms with Crippen LogP contribution in [0.2, 0.25) is 5.02 Å². The van der Waals surface area contributed by atoms with Gasteiger partial charge in [0.05, 0.1) is 16.8 Å². The lowest BCUT2D eigenvalue weighted by molar-refractivity contribution is 0.0679. The van der Waals surface area contributed by atoms with Crippen molar-refractivity contribution in [2.24, 2.45) is 13.0 Å². The van der Waals surface area contributed by atoms with Crippen molar-refractivity contribution in [2.75, 3.05) is 19.6 Å². The van der Waals surface area contributed by atoms with Gasteiger partial charge in [-0.2, -0.15) is 5.10 Å². The number of nitrogens with one attached hydrogen (secondary N) is 2. The van der Waals surface area contributed by atoms with Gasteiger partial charge >= 0.3 is 0 Å². The van der Waals surface area contributed by atoms with E-state index in [9.17, 15) is 9.59 Å². The SMILES string of the molecule is Cn1cc(C(=O)NCC2CCN(C(=O)c3cc(Cl)c[nH]3)CC2)cn1. The quantitative estimate of drug-likeness (QED) is 0.881. The molecule has 0 saturated carbocycles. The molecule has 0 unspecified atom stereocenters. The number of amides is 2. The van der Waals surface area contributed by atoms with Crippen LogP contribution in [-0.4, -0.2) is 51.1 Å². The fraction of sp³-hybridized carbons (Fsp3) is 0.438. The number of aryl methyl sites for hydroxylation is 1. The normalized spacial score (nSPS) is 15.5. The van der Waals surface area contributed by atoms with Crippen molar-refractivity contribution in [3.63, 3.8) is 0 Å². The zero-order valence-electron chi connectivity index (χ0n) is 13.5. The lowest BCUT2D eigenvalue weighted by Crippen LogP contribution is -2.41. The van der Waals surface area contributed by atoms with Gasteiger partial charge in [-0.05, 0) is 24.8 Å². The number of aromatic amines is 1. The molecule has 2 amide bonds. The predicted molar refractivity (Wildman–Crippen MR) is 90.0 cm³/mol. The van der Waals surface area contributed by atoms with Crippen LogP contribution < -0.4 is 5.32 Å².